The zero-order valence-electron chi connectivity index (χ0n) is 14.6. The fourth-order valence-electron chi connectivity index (χ4n) is 1.86. The molecule has 0 saturated heterocycles. The molecule has 0 fully saturated rings. The number of nitrogens with one attached hydrogen (secondary N) is 2. The number of halogens is 3. The summed E-state index contributed by atoms with van der Waals surface area (Å²) in [6, 6.07) is -3.27. The molecule has 1 aromatic heterocycles. The summed E-state index contributed by atoms with van der Waals surface area (Å²) in [5.74, 6) is -1.52. The zero-order chi connectivity index (χ0) is 20.1. The topological polar surface area (TPSA) is 93.7 Å². The van der Waals surface area contributed by atoms with E-state index in [1.807, 2.05) is 0 Å². The highest BCUT2D eigenvalue weighted by atomic mass is 32.1. The predicted molar refractivity (Wildman–Crippen MR) is 88.6 cm³/mol. The first-order chi connectivity index (χ1) is 12.0. The van der Waals surface area contributed by atoms with E-state index in [2.05, 4.69) is 5.32 Å². The summed E-state index contributed by atoms with van der Waals surface area (Å²) in [7, 11) is 0. The Labute approximate surface area is 151 Å². The minimum Gasteiger partial charge on any atom is -0.462 e. The lowest BCUT2D eigenvalue weighted by Crippen LogP contribution is -2.45. The number of urea groups is 1. The smallest absolute Gasteiger partial charge is 0.408 e. The summed E-state index contributed by atoms with van der Waals surface area (Å²) in [6.45, 7) is 5.53. The molecule has 0 bridgehead atoms. The maximum Gasteiger partial charge on any atom is 0.408 e. The molecule has 2 N–H and O–H groups in total. The van der Waals surface area contributed by atoms with Gasteiger partial charge in [-0.1, -0.05) is 0 Å². The van der Waals surface area contributed by atoms with Gasteiger partial charge in [0.2, 0.25) is 0 Å². The second-order valence-corrected chi connectivity index (χ2v) is 6.08. The third-order valence-electron chi connectivity index (χ3n) is 3.15. The third-order valence-corrected chi connectivity index (χ3v) is 4.34. The van der Waals surface area contributed by atoms with Gasteiger partial charge in [0.25, 0.3) is 0 Å². The van der Waals surface area contributed by atoms with Gasteiger partial charge in [0, 0.05) is 0 Å². The molecule has 0 aliphatic rings. The van der Waals surface area contributed by atoms with Crippen molar-refractivity contribution in [3.8, 4) is 0 Å². The molecule has 26 heavy (non-hydrogen) atoms. The van der Waals surface area contributed by atoms with E-state index in [4.69, 9.17) is 9.47 Å². The van der Waals surface area contributed by atoms with Crippen molar-refractivity contribution >= 4 is 34.3 Å². The summed E-state index contributed by atoms with van der Waals surface area (Å²) in [5, 5.41) is 3.78. The molecule has 0 saturated carbocycles. The summed E-state index contributed by atoms with van der Waals surface area (Å²) < 4.78 is 47.4. The third kappa shape index (κ3) is 5.35. The van der Waals surface area contributed by atoms with Gasteiger partial charge in [-0.2, -0.15) is 13.2 Å². The molecule has 0 aliphatic heterocycles. The number of ether oxygens (including phenoxy) is 2. The van der Waals surface area contributed by atoms with Crippen LogP contribution in [-0.4, -0.2) is 43.4 Å². The van der Waals surface area contributed by atoms with Gasteiger partial charge in [-0.05, 0) is 33.3 Å². The molecular formula is C15H19F3N2O5S. The number of amides is 2. The van der Waals surface area contributed by atoms with E-state index < -0.39 is 30.2 Å². The standard InChI is InChI=1S/C15H19F3N2O5S/c1-5-24-12(21)9-7(3)10(13(22)25-6-2)26-11(9)20-14(23)19-8(4)15(16,17)18/h8H,5-6H2,1-4H3,(H2,19,20,23). The Balaban J connectivity index is 3.15. The first kappa shape index (κ1) is 21.7. The maximum absolute atomic E-state index is 12.5. The average Bonchev–Trinajstić information content (AvgIpc) is 2.83. The summed E-state index contributed by atoms with van der Waals surface area (Å²) in [5.41, 5.74) is 0.112. The van der Waals surface area contributed by atoms with Crippen molar-refractivity contribution in [2.24, 2.45) is 0 Å². The largest absolute Gasteiger partial charge is 0.462 e. The van der Waals surface area contributed by atoms with Crippen LogP contribution in [0.5, 0.6) is 0 Å². The van der Waals surface area contributed by atoms with Crippen molar-refractivity contribution in [2.45, 2.75) is 39.9 Å². The van der Waals surface area contributed by atoms with Crippen LogP contribution in [0.25, 0.3) is 0 Å². The van der Waals surface area contributed by atoms with Gasteiger partial charge < -0.3 is 14.8 Å². The van der Waals surface area contributed by atoms with Crippen LogP contribution in [0.4, 0.5) is 23.0 Å². The van der Waals surface area contributed by atoms with Gasteiger partial charge in [0.15, 0.2) is 0 Å². The molecule has 1 heterocycles. The number of alkyl halides is 3. The first-order valence-corrected chi connectivity index (χ1v) is 8.46. The first-order valence-electron chi connectivity index (χ1n) is 7.64. The van der Waals surface area contributed by atoms with Crippen LogP contribution >= 0.6 is 11.3 Å². The minimum atomic E-state index is -4.62. The summed E-state index contributed by atoms with van der Waals surface area (Å²) >= 11 is 0.723. The van der Waals surface area contributed by atoms with E-state index in [0.29, 0.717) is 0 Å². The summed E-state index contributed by atoms with van der Waals surface area (Å²) in [4.78, 5) is 36.0. The predicted octanol–water partition coefficient (Wildman–Crippen LogP) is 3.48. The van der Waals surface area contributed by atoms with Gasteiger partial charge in [0.05, 0.1) is 18.8 Å². The maximum atomic E-state index is 12.5. The highest BCUT2D eigenvalue weighted by Crippen LogP contribution is 2.34. The van der Waals surface area contributed by atoms with Crippen LogP contribution in [0.2, 0.25) is 0 Å². The second-order valence-electron chi connectivity index (χ2n) is 5.06. The average molecular weight is 396 g/mol. The van der Waals surface area contributed by atoms with Crippen molar-refractivity contribution in [1.82, 2.24) is 5.32 Å². The molecule has 1 atom stereocenters. The molecule has 0 radical (unpaired) electrons. The lowest BCUT2D eigenvalue weighted by molar-refractivity contribution is -0.148. The highest BCUT2D eigenvalue weighted by molar-refractivity contribution is 7.18. The zero-order valence-corrected chi connectivity index (χ0v) is 15.4. The Kier molecular flexibility index (Phi) is 7.42. The fourth-order valence-corrected chi connectivity index (χ4v) is 2.94. The van der Waals surface area contributed by atoms with E-state index >= 15 is 0 Å². The van der Waals surface area contributed by atoms with E-state index in [9.17, 15) is 27.6 Å². The molecular weight excluding hydrogens is 377 g/mol. The van der Waals surface area contributed by atoms with Crippen molar-refractivity contribution in [1.29, 1.82) is 0 Å². The minimum absolute atomic E-state index is 0.0413. The Hall–Kier alpha value is -2.30. The lowest BCUT2D eigenvalue weighted by atomic mass is 10.1. The van der Waals surface area contributed by atoms with Crippen molar-refractivity contribution in [2.75, 3.05) is 18.5 Å². The quantitative estimate of drug-likeness (QED) is 0.718. The Morgan fingerprint density at radius 3 is 2.15 bits per heavy atom. The van der Waals surface area contributed by atoms with Crippen LogP contribution in [0.1, 0.15) is 46.4 Å². The van der Waals surface area contributed by atoms with Gasteiger partial charge in [-0.15, -0.1) is 11.3 Å². The van der Waals surface area contributed by atoms with Gasteiger partial charge >= 0.3 is 24.1 Å². The number of carbonyl (C=O) groups is 3. The molecule has 0 aliphatic carbocycles. The SMILES string of the molecule is CCOC(=O)c1sc(NC(=O)NC(C)C(F)(F)F)c(C(=O)OCC)c1C. The van der Waals surface area contributed by atoms with Crippen molar-refractivity contribution in [3.63, 3.8) is 0 Å². The molecule has 11 heteroatoms. The molecule has 0 spiro atoms. The van der Waals surface area contributed by atoms with Gasteiger partial charge in [0.1, 0.15) is 15.9 Å². The normalized spacial score (nSPS) is 12.3. The molecule has 7 nitrogen and oxygen atoms in total. The highest BCUT2D eigenvalue weighted by Gasteiger charge is 2.37. The van der Waals surface area contributed by atoms with Crippen molar-refractivity contribution in [3.05, 3.63) is 16.0 Å². The monoisotopic (exact) mass is 396 g/mol. The van der Waals surface area contributed by atoms with E-state index in [0.717, 1.165) is 18.3 Å². The number of anilines is 1. The molecule has 1 unspecified atom stereocenters. The fraction of sp³-hybridized carbons (Fsp3) is 0.533. The Morgan fingerprint density at radius 1 is 1.12 bits per heavy atom. The van der Waals surface area contributed by atoms with Crippen LogP contribution in [0.15, 0.2) is 0 Å². The van der Waals surface area contributed by atoms with Crippen LogP contribution in [0.3, 0.4) is 0 Å². The van der Waals surface area contributed by atoms with E-state index in [-0.39, 0.29) is 34.2 Å². The number of hydrogen-bond donors (Lipinski definition) is 2. The number of hydrogen-bond acceptors (Lipinski definition) is 6. The van der Waals surface area contributed by atoms with Gasteiger partial charge in [-0.25, -0.2) is 14.4 Å². The van der Waals surface area contributed by atoms with E-state index in [1.165, 1.54) is 6.92 Å². The molecule has 1 rings (SSSR count). The lowest BCUT2D eigenvalue weighted by Gasteiger charge is -2.17. The molecule has 2 amide bonds. The molecule has 146 valence electrons. The van der Waals surface area contributed by atoms with Crippen LogP contribution in [-0.2, 0) is 9.47 Å². The Bertz CT molecular complexity index is 688. The molecule has 0 aromatic carbocycles. The van der Waals surface area contributed by atoms with Crippen molar-refractivity contribution < 1.29 is 37.0 Å². The van der Waals surface area contributed by atoms with E-state index in [1.54, 1.807) is 19.2 Å². The molecule has 1 aromatic rings. The Morgan fingerprint density at radius 2 is 1.65 bits per heavy atom. The summed E-state index contributed by atoms with van der Waals surface area (Å²) in [6.07, 6.45) is -4.62. The number of rotatable bonds is 6. The van der Waals surface area contributed by atoms with Crippen LogP contribution in [0, 0.1) is 6.92 Å². The number of thiophene rings is 1. The van der Waals surface area contributed by atoms with Gasteiger partial charge in [-0.3, -0.25) is 5.32 Å². The number of carbonyl (C=O) groups excluding carboxylic acids is 3. The number of esters is 2. The van der Waals surface area contributed by atoms with Crippen LogP contribution < -0.4 is 10.6 Å². The second kappa shape index (κ2) is 8.88.